The number of anilines is 2. The molecule has 0 aliphatic carbocycles. The summed E-state index contributed by atoms with van der Waals surface area (Å²) in [6.45, 7) is 9.04. The summed E-state index contributed by atoms with van der Waals surface area (Å²) in [7, 11) is 2.16. The largest absolute Gasteiger partial charge is 0.354 e. The highest BCUT2D eigenvalue weighted by Gasteiger charge is 2.25. The summed E-state index contributed by atoms with van der Waals surface area (Å²) >= 11 is 4.91. The van der Waals surface area contributed by atoms with Gasteiger partial charge in [-0.15, -0.1) is 11.3 Å². The normalized spacial score (nSPS) is 18.6. The Morgan fingerprint density at radius 1 is 0.964 bits per heavy atom. The maximum absolute atomic E-state index is 12.7. The third-order valence-electron chi connectivity index (χ3n) is 5.31. The molecule has 0 aromatic carbocycles. The number of aromatic nitrogens is 2. The Hall–Kier alpha value is -1.71. The predicted molar refractivity (Wildman–Crippen MR) is 117 cm³/mol. The quantitative estimate of drug-likeness (QED) is 0.694. The lowest BCUT2D eigenvalue weighted by Crippen LogP contribution is -2.49. The van der Waals surface area contributed by atoms with Gasteiger partial charge in [0.1, 0.15) is 17.5 Å². The smallest absolute Gasteiger partial charge is 0.264 e. The maximum Gasteiger partial charge on any atom is 0.264 e. The van der Waals surface area contributed by atoms with E-state index in [1.54, 1.807) is 0 Å². The van der Waals surface area contributed by atoms with Gasteiger partial charge < -0.3 is 19.6 Å². The van der Waals surface area contributed by atoms with Crippen LogP contribution < -0.4 is 9.80 Å². The predicted octanol–water partition coefficient (Wildman–Crippen LogP) is 2.32. The van der Waals surface area contributed by atoms with Crippen molar-refractivity contribution in [3.63, 3.8) is 0 Å². The highest BCUT2D eigenvalue weighted by atomic mass is 79.9. The van der Waals surface area contributed by atoms with Crippen LogP contribution in [0.4, 0.5) is 11.6 Å². The molecule has 2 aliphatic heterocycles. The van der Waals surface area contributed by atoms with Crippen LogP contribution in [0.15, 0.2) is 22.0 Å². The van der Waals surface area contributed by atoms with Gasteiger partial charge in [0, 0.05) is 68.3 Å². The van der Waals surface area contributed by atoms with Crippen molar-refractivity contribution >= 4 is 44.8 Å². The molecule has 28 heavy (non-hydrogen) atoms. The number of amides is 1. The second-order valence-corrected chi connectivity index (χ2v) is 9.16. The van der Waals surface area contributed by atoms with Crippen LogP contribution >= 0.6 is 27.3 Å². The van der Waals surface area contributed by atoms with Crippen molar-refractivity contribution in [1.82, 2.24) is 19.8 Å². The zero-order valence-electron chi connectivity index (χ0n) is 16.3. The molecule has 4 rings (SSSR count). The number of nitrogens with zero attached hydrogens (tertiary/aromatic N) is 6. The topological polar surface area (TPSA) is 55.8 Å². The van der Waals surface area contributed by atoms with Gasteiger partial charge in [-0.2, -0.15) is 0 Å². The molecule has 0 spiro atoms. The number of carbonyl (C=O) groups excluding carboxylic acids is 1. The first-order valence-electron chi connectivity index (χ1n) is 9.57. The van der Waals surface area contributed by atoms with Crippen LogP contribution in [-0.4, -0.2) is 85.1 Å². The van der Waals surface area contributed by atoms with E-state index in [1.165, 1.54) is 11.3 Å². The molecule has 0 unspecified atom stereocenters. The first-order valence-corrected chi connectivity index (χ1v) is 11.2. The number of piperazine rings is 2. The summed E-state index contributed by atoms with van der Waals surface area (Å²) in [5.41, 5.74) is 0. The van der Waals surface area contributed by atoms with Crippen LogP contribution in [0.3, 0.4) is 0 Å². The number of carbonyl (C=O) groups is 1. The Morgan fingerprint density at radius 3 is 2.07 bits per heavy atom. The zero-order valence-corrected chi connectivity index (χ0v) is 18.7. The van der Waals surface area contributed by atoms with Crippen molar-refractivity contribution in [1.29, 1.82) is 0 Å². The molecule has 2 aromatic heterocycles. The van der Waals surface area contributed by atoms with E-state index in [9.17, 15) is 4.79 Å². The highest BCUT2D eigenvalue weighted by molar-refractivity contribution is 9.10. The van der Waals surface area contributed by atoms with Crippen LogP contribution in [0.5, 0.6) is 0 Å². The minimum atomic E-state index is 0.118. The SMILES string of the molecule is Cc1nc(N2CCN(C)CC2)cc(N2CCN(C(=O)c3cc(Br)cs3)CC2)n1. The lowest BCUT2D eigenvalue weighted by Gasteiger charge is -2.36. The third-order valence-corrected chi connectivity index (χ3v) is 6.99. The van der Waals surface area contributed by atoms with Gasteiger partial charge in [0.05, 0.1) is 4.88 Å². The Labute approximate surface area is 178 Å². The van der Waals surface area contributed by atoms with Gasteiger partial charge in [0.15, 0.2) is 0 Å². The second-order valence-electron chi connectivity index (χ2n) is 7.33. The minimum absolute atomic E-state index is 0.118. The standard InChI is InChI=1S/C19H25BrN6OS/c1-14-21-17(24-5-3-23(2)4-6-24)12-18(22-14)25-7-9-26(10-8-25)19(27)16-11-15(20)13-28-16/h11-13H,3-10H2,1-2H3. The molecular weight excluding hydrogens is 440 g/mol. The van der Waals surface area contributed by atoms with Gasteiger partial charge in [-0.05, 0) is 36.0 Å². The number of thiophene rings is 1. The molecule has 2 aromatic rings. The molecule has 0 atom stereocenters. The average molecular weight is 465 g/mol. The van der Waals surface area contributed by atoms with Crippen molar-refractivity contribution in [2.45, 2.75) is 6.92 Å². The number of aryl methyl sites for hydroxylation is 1. The molecule has 7 nitrogen and oxygen atoms in total. The monoisotopic (exact) mass is 464 g/mol. The second kappa shape index (κ2) is 8.34. The fraction of sp³-hybridized carbons (Fsp3) is 0.526. The number of rotatable bonds is 3. The van der Waals surface area contributed by atoms with Gasteiger partial charge in [-0.1, -0.05) is 0 Å². The zero-order chi connectivity index (χ0) is 19.7. The van der Waals surface area contributed by atoms with Gasteiger partial charge in [0.25, 0.3) is 5.91 Å². The minimum Gasteiger partial charge on any atom is -0.354 e. The van der Waals surface area contributed by atoms with E-state index in [2.05, 4.69) is 53.7 Å². The van der Waals surface area contributed by atoms with Crippen LogP contribution in [0.1, 0.15) is 15.5 Å². The fourth-order valence-electron chi connectivity index (χ4n) is 3.62. The van der Waals surface area contributed by atoms with Crippen molar-refractivity contribution in [2.75, 3.05) is 69.2 Å². The lowest BCUT2D eigenvalue weighted by molar-refractivity contribution is 0.0751. The molecule has 150 valence electrons. The Morgan fingerprint density at radius 2 is 1.54 bits per heavy atom. The first kappa shape index (κ1) is 19.6. The summed E-state index contributed by atoms with van der Waals surface area (Å²) < 4.78 is 0.965. The van der Waals surface area contributed by atoms with E-state index in [0.717, 1.165) is 66.1 Å². The molecule has 0 radical (unpaired) electrons. The van der Waals surface area contributed by atoms with Crippen LogP contribution in [0.2, 0.25) is 0 Å². The number of hydrogen-bond acceptors (Lipinski definition) is 7. The summed E-state index contributed by atoms with van der Waals surface area (Å²) in [6, 6.07) is 4.00. The lowest BCUT2D eigenvalue weighted by atomic mass is 10.2. The van der Waals surface area contributed by atoms with E-state index in [1.807, 2.05) is 23.3 Å². The summed E-state index contributed by atoms with van der Waals surface area (Å²) in [4.78, 5) is 31.7. The van der Waals surface area contributed by atoms with Crippen LogP contribution in [-0.2, 0) is 0 Å². The van der Waals surface area contributed by atoms with Crippen molar-refractivity contribution in [3.05, 3.63) is 32.7 Å². The molecule has 2 fully saturated rings. The summed E-state index contributed by atoms with van der Waals surface area (Å²) in [5.74, 6) is 2.89. The molecular formula is C19H25BrN6OS. The summed E-state index contributed by atoms with van der Waals surface area (Å²) in [5, 5.41) is 1.95. The fourth-order valence-corrected chi connectivity index (χ4v) is 5.01. The average Bonchev–Trinajstić information content (AvgIpc) is 3.14. The van der Waals surface area contributed by atoms with E-state index in [4.69, 9.17) is 0 Å². The van der Waals surface area contributed by atoms with E-state index in [-0.39, 0.29) is 5.91 Å². The van der Waals surface area contributed by atoms with Gasteiger partial charge in [-0.3, -0.25) is 4.79 Å². The first-order chi connectivity index (χ1) is 13.5. The van der Waals surface area contributed by atoms with Crippen LogP contribution in [0.25, 0.3) is 0 Å². The Kier molecular flexibility index (Phi) is 5.84. The number of halogens is 1. The highest BCUT2D eigenvalue weighted by Crippen LogP contribution is 2.24. The molecule has 1 amide bonds. The molecule has 0 bridgehead atoms. The Balaban J connectivity index is 1.42. The summed E-state index contributed by atoms with van der Waals surface area (Å²) in [6.07, 6.45) is 0. The molecule has 0 N–H and O–H groups in total. The number of likely N-dealkylation sites (N-methyl/N-ethyl adjacent to an activating group) is 1. The van der Waals surface area contributed by atoms with E-state index in [0.29, 0.717) is 13.1 Å². The van der Waals surface area contributed by atoms with Crippen LogP contribution in [0, 0.1) is 6.92 Å². The third kappa shape index (κ3) is 4.31. The van der Waals surface area contributed by atoms with Gasteiger partial charge in [0.2, 0.25) is 0 Å². The van der Waals surface area contributed by atoms with Gasteiger partial charge in [-0.25, -0.2) is 9.97 Å². The van der Waals surface area contributed by atoms with Crippen molar-refractivity contribution < 1.29 is 4.79 Å². The maximum atomic E-state index is 12.7. The molecule has 2 saturated heterocycles. The van der Waals surface area contributed by atoms with E-state index >= 15 is 0 Å². The van der Waals surface area contributed by atoms with E-state index < -0.39 is 0 Å². The van der Waals surface area contributed by atoms with Crippen molar-refractivity contribution in [3.8, 4) is 0 Å². The molecule has 9 heteroatoms. The molecule has 2 aliphatic rings. The number of hydrogen-bond donors (Lipinski definition) is 0. The molecule has 0 saturated carbocycles. The molecule has 4 heterocycles. The van der Waals surface area contributed by atoms with Gasteiger partial charge >= 0.3 is 0 Å². The van der Waals surface area contributed by atoms with Crippen molar-refractivity contribution in [2.24, 2.45) is 0 Å². The Bertz CT molecular complexity index is 843.